The molecule has 0 aromatic heterocycles. The zero-order valence-corrected chi connectivity index (χ0v) is 19.3. The molecule has 7 nitrogen and oxygen atoms in total. The Bertz CT molecular complexity index is 1180. The van der Waals surface area contributed by atoms with Gasteiger partial charge in [0.25, 0.3) is 15.9 Å². The minimum atomic E-state index is -4.00. The van der Waals surface area contributed by atoms with E-state index in [-0.39, 0.29) is 4.90 Å². The summed E-state index contributed by atoms with van der Waals surface area (Å²) in [5.41, 5.74) is 3.52. The lowest BCUT2D eigenvalue weighted by Gasteiger charge is -2.24. The Hall–Kier alpha value is -3.30. The van der Waals surface area contributed by atoms with Crippen LogP contribution in [0.3, 0.4) is 0 Å². The summed E-state index contributed by atoms with van der Waals surface area (Å²) in [5, 5.41) is 3.95. The number of carbonyl (C=O) groups is 1. The molecule has 0 aliphatic heterocycles. The lowest BCUT2D eigenvalue weighted by molar-refractivity contribution is -0.119. The molecule has 0 saturated carbocycles. The Morgan fingerprint density at radius 3 is 2.44 bits per heavy atom. The summed E-state index contributed by atoms with van der Waals surface area (Å²) >= 11 is 1.63. The summed E-state index contributed by atoms with van der Waals surface area (Å²) in [5.74, 6) is -0.104. The number of benzene rings is 3. The largest absolute Gasteiger partial charge is 0.497 e. The molecule has 1 amide bonds. The smallest absolute Gasteiger partial charge is 0.264 e. The van der Waals surface area contributed by atoms with E-state index in [9.17, 15) is 13.2 Å². The van der Waals surface area contributed by atoms with Gasteiger partial charge in [-0.25, -0.2) is 13.8 Å². The fourth-order valence-corrected chi connectivity index (χ4v) is 4.68. The van der Waals surface area contributed by atoms with Gasteiger partial charge in [-0.05, 0) is 48.2 Å². The average molecular weight is 470 g/mol. The molecule has 0 heterocycles. The highest BCUT2D eigenvalue weighted by atomic mass is 32.2. The van der Waals surface area contributed by atoms with Crippen molar-refractivity contribution in [1.29, 1.82) is 0 Å². The van der Waals surface area contributed by atoms with Gasteiger partial charge in [0.05, 0.1) is 23.9 Å². The molecular formula is C23H23N3O4S2. The second-order valence-electron chi connectivity index (χ2n) is 6.59. The van der Waals surface area contributed by atoms with Crippen LogP contribution in [0, 0.1) is 0 Å². The second kappa shape index (κ2) is 10.8. The van der Waals surface area contributed by atoms with Crippen LogP contribution in [0.1, 0.15) is 5.56 Å². The molecule has 1 N–H and O–H groups in total. The van der Waals surface area contributed by atoms with Gasteiger partial charge in [0, 0.05) is 11.0 Å². The number of methoxy groups -OCH3 is 1. The van der Waals surface area contributed by atoms with Gasteiger partial charge in [-0.2, -0.15) is 5.10 Å². The van der Waals surface area contributed by atoms with Gasteiger partial charge in [0.2, 0.25) is 0 Å². The number of sulfonamides is 1. The quantitative estimate of drug-likeness (QED) is 0.293. The van der Waals surface area contributed by atoms with E-state index >= 15 is 0 Å². The molecule has 166 valence electrons. The van der Waals surface area contributed by atoms with Crippen molar-refractivity contribution in [3.63, 3.8) is 0 Å². The van der Waals surface area contributed by atoms with E-state index in [1.54, 1.807) is 54.2 Å². The first-order valence-electron chi connectivity index (χ1n) is 9.62. The van der Waals surface area contributed by atoms with Crippen molar-refractivity contribution in [3.8, 4) is 5.75 Å². The maximum atomic E-state index is 13.3. The summed E-state index contributed by atoms with van der Waals surface area (Å²) in [6.07, 6.45) is 3.49. The van der Waals surface area contributed by atoms with Crippen LogP contribution in [0.5, 0.6) is 5.75 Å². The molecule has 0 atom stereocenters. The standard InChI is InChI=1S/C23H23N3O4S2/c1-30-20-8-6-7-19(15-20)26(32(28,29)22-9-4-3-5-10-22)17-23(27)25-24-16-18-11-13-21(31-2)14-12-18/h3-16H,17H2,1-2H3,(H,25,27)/b24-16+. The van der Waals surface area contributed by atoms with Crippen LogP contribution in [-0.2, 0) is 14.8 Å². The maximum absolute atomic E-state index is 13.3. The van der Waals surface area contributed by atoms with Gasteiger partial charge in [-0.1, -0.05) is 36.4 Å². The van der Waals surface area contributed by atoms with Gasteiger partial charge in [-0.15, -0.1) is 11.8 Å². The highest BCUT2D eigenvalue weighted by Crippen LogP contribution is 2.26. The molecule has 3 rings (SSSR count). The van der Waals surface area contributed by atoms with Crippen molar-refractivity contribution >= 4 is 39.6 Å². The number of hydrogen-bond acceptors (Lipinski definition) is 6. The Labute approximate surface area is 192 Å². The Kier molecular flexibility index (Phi) is 7.91. The van der Waals surface area contributed by atoms with E-state index < -0.39 is 22.5 Å². The van der Waals surface area contributed by atoms with E-state index in [1.807, 2.05) is 30.5 Å². The topological polar surface area (TPSA) is 88.1 Å². The van der Waals surface area contributed by atoms with Gasteiger partial charge >= 0.3 is 0 Å². The van der Waals surface area contributed by atoms with Crippen molar-refractivity contribution in [3.05, 3.63) is 84.4 Å². The first kappa shape index (κ1) is 23.4. The van der Waals surface area contributed by atoms with E-state index in [1.165, 1.54) is 25.5 Å². The molecule has 0 fully saturated rings. The molecule has 9 heteroatoms. The Morgan fingerprint density at radius 2 is 1.78 bits per heavy atom. The average Bonchev–Trinajstić information content (AvgIpc) is 2.83. The first-order valence-corrected chi connectivity index (χ1v) is 12.3. The first-order chi connectivity index (χ1) is 15.4. The highest BCUT2D eigenvalue weighted by Gasteiger charge is 2.27. The fraction of sp³-hybridized carbons (Fsp3) is 0.130. The van der Waals surface area contributed by atoms with Crippen molar-refractivity contribution in [1.82, 2.24) is 5.43 Å². The third-order valence-electron chi connectivity index (χ3n) is 4.48. The predicted octanol–water partition coefficient (Wildman–Crippen LogP) is 3.76. The molecule has 0 aliphatic carbocycles. The number of carbonyl (C=O) groups excluding carboxylic acids is 1. The third-order valence-corrected chi connectivity index (χ3v) is 7.01. The van der Waals surface area contributed by atoms with Crippen LogP contribution < -0.4 is 14.5 Å². The van der Waals surface area contributed by atoms with Crippen molar-refractivity contribution in [2.24, 2.45) is 5.10 Å². The van der Waals surface area contributed by atoms with Gasteiger partial charge in [-0.3, -0.25) is 9.10 Å². The van der Waals surface area contributed by atoms with Gasteiger partial charge in [0.15, 0.2) is 0 Å². The molecule has 0 spiro atoms. The van der Waals surface area contributed by atoms with Gasteiger partial charge in [0.1, 0.15) is 12.3 Å². The number of nitrogens with zero attached hydrogens (tertiary/aromatic N) is 2. The predicted molar refractivity (Wildman–Crippen MR) is 128 cm³/mol. The molecule has 0 bridgehead atoms. The normalized spacial score (nSPS) is 11.3. The number of thioether (sulfide) groups is 1. The highest BCUT2D eigenvalue weighted by molar-refractivity contribution is 7.98. The molecule has 0 unspecified atom stereocenters. The molecule has 3 aromatic rings. The molecule has 32 heavy (non-hydrogen) atoms. The van der Waals surface area contributed by atoms with Crippen LogP contribution in [0.25, 0.3) is 0 Å². The Balaban J connectivity index is 1.81. The summed E-state index contributed by atoms with van der Waals surface area (Å²) in [4.78, 5) is 13.8. The number of hydrogen-bond donors (Lipinski definition) is 1. The van der Waals surface area contributed by atoms with E-state index in [2.05, 4.69) is 10.5 Å². The molecular weight excluding hydrogens is 446 g/mol. The Morgan fingerprint density at radius 1 is 1.06 bits per heavy atom. The summed E-state index contributed by atoms with van der Waals surface area (Å²) in [6, 6.07) is 22.1. The zero-order valence-electron chi connectivity index (χ0n) is 17.6. The van der Waals surface area contributed by atoms with Crippen LogP contribution >= 0.6 is 11.8 Å². The van der Waals surface area contributed by atoms with Crippen LogP contribution in [0.2, 0.25) is 0 Å². The van der Waals surface area contributed by atoms with Crippen LogP contribution in [0.15, 0.2) is 93.8 Å². The molecule has 0 radical (unpaired) electrons. The van der Waals surface area contributed by atoms with E-state index in [0.29, 0.717) is 11.4 Å². The summed E-state index contributed by atoms with van der Waals surface area (Å²) in [6.45, 7) is -0.451. The summed E-state index contributed by atoms with van der Waals surface area (Å²) in [7, 11) is -2.51. The second-order valence-corrected chi connectivity index (χ2v) is 9.33. The number of anilines is 1. The lowest BCUT2D eigenvalue weighted by Crippen LogP contribution is -2.39. The van der Waals surface area contributed by atoms with E-state index in [4.69, 9.17) is 4.74 Å². The third kappa shape index (κ3) is 5.89. The van der Waals surface area contributed by atoms with E-state index in [0.717, 1.165) is 14.8 Å². The van der Waals surface area contributed by atoms with Crippen molar-refractivity contribution in [2.75, 3.05) is 24.2 Å². The van der Waals surface area contributed by atoms with Crippen molar-refractivity contribution in [2.45, 2.75) is 9.79 Å². The molecule has 0 aliphatic rings. The minimum Gasteiger partial charge on any atom is -0.497 e. The number of ether oxygens (including phenoxy) is 1. The molecule has 0 saturated heterocycles. The lowest BCUT2D eigenvalue weighted by atomic mass is 10.2. The number of nitrogens with one attached hydrogen (secondary N) is 1. The van der Waals surface area contributed by atoms with Crippen LogP contribution in [-0.4, -0.2) is 40.4 Å². The monoisotopic (exact) mass is 469 g/mol. The number of hydrazone groups is 1. The van der Waals surface area contributed by atoms with Crippen molar-refractivity contribution < 1.29 is 17.9 Å². The van der Waals surface area contributed by atoms with Gasteiger partial charge < -0.3 is 4.74 Å². The van der Waals surface area contributed by atoms with Crippen LogP contribution in [0.4, 0.5) is 5.69 Å². The number of amides is 1. The maximum Gasteiger partial charge on any atom is 0.264 e. The fourth-order valence-electron chi connectivity index (χ4n) is 2.83. The summed E-state index contributed by atoms with van der Waals surface area (Å²) < 4.78 is 32.8. The zero-order chi connectivity index (χ0) is 23.0. The molecule has 3 aromatic carbocycles. The number of rotatable bonds is 9. The SMILES string of the molecule is COc1cccc(N(CC(=O)N/N=C/c2ccc(SC)cc2)S(=O)(=O)c2ccccc2)c1. The minimum absolute atomic E-state index is 0.0769.